The Morgan fingerprint density at radius 3 is 1.62 bits per heavy atom. The van der Waals surface area contributed by atoms with Crippen molar-refractivity contribution in [3.8, 4) is 22.3 Å². The van der Waals surface area contributed by atoms with Crippen molar-refractivity contribution < 1.29 is 0 Å². The van der Waals surface area contributed by atoms with Crippen molar-refractivity contribution in [3.63, 3.8) is 0 Å². The van der Waals surface area contributed by atoms with E-state index in [2.05, 4.69) is 6.07 Å². The number of hydrogen-bond acceptors (Lipinski definition) is 2. The molecule has 118 valence electrons. The molecule has 3 aromatic rings. The van der Waals surface area contributed by atoms with E-state index in [1.165, 1.54) is 0 Å². The van der Waals surface area contributed by atoms with Gasteiger partial charge in [-0.25, -0.2) is 0 Å². The zero-order valence-electron chi connectivity index (χ0n) is 13.1. The third kappa shape index (κ3) is 3.17. The highest BCUT2D eigenvalue weighted by molar-refractivity contribution is 5.96. The fraction of sp³-hybridized carbons (Fsp3) is 0. The number of amidine groups is 2. The molecule has 24 heavy (non-hydrogen) atoms. The summed E-state index contributed by atoms with van der Waals surface area (Å²) in [6.07, 6.45) is 0. The van der Waals surface area contributed by atoms with Gasteiger partial charge in [-0.15, -0.1) is 0 Å². The molecule has 0 fully saturated rings. The van der Waals surface area contributed by atoms with Crippen molar-refractivity contribution in [2.45, 2.75) is 0 Å². The molecular weight excluding hydrogens is 296 g/mol. The van der Waals surface area contributed by atoms with E-state index < -0.39 is 0 Å². The third-order valence-electron chi connectivity index (χ3n) is 3.90. The quantitative estimate of drug-likeness (QED) is 0.437. The molecule has 4 nitrogen and oxygen atoms in total. The van der Waals surface area contributed by atoms with E-state index in [0.717, 1.165) is 22.3 Å². The second kappa shape index (κ2) is 6.38. The molecule has 0 saturated carbocycles. The molecular formula is C20H18N4. The molecule has 0 radical (unpaired) electrons. The van der Waals surface area contributed by atoms with Crippen LogP contribution in [0.5, 0.6) is 0 Å². The summed E-state index contributed by atoms with van der Waals surface area (Å²) in [5.41, 5.74) is 16.7. The topological polar surface area (TPSA) is 99.7 Å². The minimum Gasteiger partial charge on any atom is -0.384 e. The Morgan fingerprint density at radius 2 is 1.04 bits per heavy atom. The van der Waals surface area contributed by atoms with Crippen LogP contribution in [-0.4, -0.2) is 11.7 Å². The fourth-order valence-electron chi connectivity index (χ4n) is 2.59. The van der Waals surface area contributed by atoms with Crippen molar-refractivity contribution in [1.82, 2.24) is 0 Å². The summed E-state index contributed by atoms with van der Waals surface area (Å²) in [7, 11) is 0. The van der Waals surface area contributed by atoms with Crippen LogP contribution in [0.4, 0.5) is 0 Å². The molecule has 0 atom stereocenters. The molecule has 4 heteroatoms. The van der Waals surface area contributed by atoms with Gasteiger partial charge < -0.3 is 11.5 Å². The van der Waals surface area contributed by atoms with Crippen LogP contribution in [0.15, 0.2) is 72.8 Å². The molecule has 0 heterocycles. The minimum absolute atomic E-state index is 0.0628. The standard InChI is InChI=1S/C20H18N4/c21-19(22)14-9-7-13(8-10-14)15-3-1-4-16(11-15)17-5-2-6-18(12-17)20(23)24/h1-12H,(H3,21,22)(H3,23,24). The lowest BCUT2D eigenvalue weighted by molar-refractivity contribution is 1.42. The molecule has 0 aliphatic carbocycles. The lowest BCUT2D eigenvalue weighted by Crippen LogP contribution is -2.10. The van der Waals surface area contributed by atoms with E-state index in [4.69, 9.17) is 22.3 Å². The normalized spacial score (nSPS) is 10.3. The first kappa shape index (κ1) is 15.5. The van der Waals surface area contributed by atoms with Gasteiger partial charge in [-0.1, -0.05) is 60.7 Å². The lowest BCUT2D eigenvalue weighted by atomic mass is 9.97. The van der Waals surface area contributed by atoms with Gasteiger partial charge in [-0.2, -0.15) is 0 Å². The van der Waals surface area contributed by atoms with Gasteiger partial charge in [0.15, 0.2) is 0 Å². The first-order valence-electron chi connectivity index (χ1n) is 7.54. The highest BCUT2D eigenvalue weighted by Crippen LogP contribution is 2.27. The second-order valence-corrected chi connectivity index (χ2v) is 5.57. The molecule has 3 rings (SSSR count). The maximum absolute atomic E-state index is 7.58. The van der Waals surface area contributed by atoms with Crippen LogP contribution in [0.25, 0.3) is 22.3 Å². The van der Waals surface area contributed by atoms with Crippen LogP contribution in [0.1, 0.15) is 11.1 Å². The second-order valence-electron chi connectivity index (χ2n) is 5.57. The fourth-order valence-corrected chi connectivity index (χ4v) is 2.59. The smallest absolute Gasteiger partial charge is 0.122 e. The van der Waals surface area contributed by atoms with E-state index in [9.17, 15) is 0 Å². The maximum Gasteiger partial charge on any atom is 0.122 e. The minimum atomic E-state index is 0.0628. The van der Waals surface area contributed by atoms with E-state index in [-0.39, 0.29) is 11.7 Å². The van der Waals surface area contributed by atoms with Gasteiger partial charge in [0, 0.05) is 11.1 Å². The van der Waals surface area contributed by atoms with Crippen LogP contribution >= 0.6 is 0 Å². The van der Waals surface area contributed by atoms with Gasteiger partial charge in [-0.3, -0.25) is 10.8 Å². The number of hydrogen-bond donors (Lipinski definition) is 4. The molecule has 0 saturated heterocycles. The summed E-state index contributed by atoms with van der Waals surface area (Å²) >= 11 is 0. The van der Waals surface area contributed by atoms with E-state index in [1.54, 1.807) is 0 Å². The van der Waals surface area contributed by atoms with Crippen LogP contribution in [0.3, 0.4) is 0 Å². The van der Waals surface area contributed by atoms with Crippen LogP contribution in [0, 0.1) is 10.8 Å². The monoisotopic (exact) mass is 314 g/mol. The molecule has 0 bridgehead atoms. The van der Waals surface area contributed by atoms with Crippen molar-refractivity contribution in [1.29, 1.82) is 10.8 Å². The molecule has 0 amide bonds. The average Bonchev–Trinajstić information content (AvgIpc) is 2.62. The lowest BCUT2D eigenvalue weighted by Gasteiger charge is -2.08. The van der Waals surface area contributed by atoms with Gasteiger partial charge in [0.2, 0.25) is 0 Å². The van der Waals surface area contributed by atoms with Gasteiger partial charge in [0.1, 0.15) is 11.7 Å². The first-order chi connectivity index (χ1) is 11.5. The van der Waals surface area contributed by atoms with E-state index in [0.29, 0.717) is 11.1 Å². The Labute approximate surface area is 140 Å². The summed E-state index contributed by atoms with van der Waals surface area (Å²) in [5, 5.41) is 15.0. The Kier molecular flexibility index (Phi) is 4.12. The summed E-state index contributed by atoms with van der Waals surface area (Å²) in [6.45, 7) is 0. The summed E-state index contributed by atoms with van der Waals surface area (Å²) in [4.78, 5) is 0. The summed E-state index contributed by atoms with van der Waals surface area (Å²) < 4.78 is 0. The molecule has 6 N–H and O–H groups in total. The predicted molar refractivity (Wildman–Crippen MR) is 99.3 cm³/mol. The summed E-state index contributed by atoms with van der Waals surface area (Å²) in [5.74, 6) is 0.129. The molecule has 0 aliphatic rings. The Balaban J connectivity index is 1.98. The zero-order valence-corrected chi connectivity index (χ0v) is 13.1. The largest absolute Gasteiger partial charge is 0.384 e. The Hall–Kier alpha value is -3.40. The van der Waals surface area contributed by atoms with Crippen molar-refractivity contribution in [2.24, 2.45) is 11.5 Å². The Morgan fingerprint density at radius 1 is 0.542 bits per heavy atom. The van der Waals surface area contributed by atoms with Gasteiger partial charge in [0.25, 0.3) is 0 Å². The highest BCUT2D eigenvalue weighted by atomic mass is 14.7. The molecule has 0 unspecified atom stereocenters. The van der Waals surface area contributed by atoms with Crippen molar-refractivity contribution in [2.75, 3.05) is 0 Å². The molecule has 3 aromatic carbocycles. The van der Waals surface area contributed by atoms with Crippen LogP contribution in [0.2, 0.25) is 0 Å². The highest BCUT2D eigenvalue weighted by Gasteiger charge is 2.04. The number of benzene rings is 3. The SMILES string of the molecule is N=C(N)c1ccc(-c2cccc(-c3cccc(C(=N)N)c3)c2)cc1. The van der Waals surface area contributed by atoms with Gasteiger partial charge in [0.05, 0.1) is 0 Å². The van der Waals surface area contributed by atoms with Crippen LogP contribution < -0.4 is 11.5 Å². The van der Waals surface area contributed by atoms with Crippen molar-refractivity contribution >= 4 is 11.7 Å². The average molecular weight is 314 g/mol. The third-order valence-corrected chi connectivity index (χ3v) is 3.90. The van der Waals surface area contributed by atoms with Crippen LogP contribution in [-0.2, 0) is 0 Å². The molecule has 0 aromatic heterocycles. The predicted octanol–water partition coefficient (Wildman–Crippen LogP) is 3.59. The maximum atomic E-state index is 7.58. The number of rotatable bonds is 4. The molecule has 0 spiro atoms. The number of nitrogen functional groups attached to an aromatic ring is 2. The zero-order chi connectivity index (χ0) is 17.1. The van der Waals surface area contributed by atoms with Gasteiger partial charge in [-0.05, 0) is 34.4 Å². The number of nitrogens with two attached hydrogens (primary N) is 2. The summed E-state index contributed by atoms with van der Waals surface area (Å²) in [6, 6.07) is 23.5. The molecule has 0 aliphatic heterocycles. The van der Waals surface area contributed by atoms with E-state index in [1.807, 2.05) is 66.7 Å². The van der Waals surface area contributed by atoms with Crippen molar-refractivity contribution in [3.05, 3.63) is 83.9 Å². The van der Waals surface area contributed by atoms with E-state index >= 15 is 0 Å². The Bertz CT molecular complexity index is 911. The number of nitrogens with one attached hydrogen (secondary N) is 2. The van der Waals surface area contributed by atoms with Gasteiger partial charge >= 0.3 is 0 Å². The first-order valence-corrected chi connectivity index (χ1v) is 7.54.